The molecule has 1 aliphatic carbocycles. The lowest BCUT2D eigenvalue weighted by atomic mass is 9.99. The summed E-state index contributed by atoms with van der Waals surface area (Å²) in [4.78, 5) is 12.5. The minimum atomic E-state index is -1.19. The van der Waals surface area contributed by atoms with E-state index in [1.807, 2.05) is 6.07 Å². The van der Waals surface area contributed by atoms with Gasteiger partial charge in [-0.05, 0) is 37.8 Å². The molecular weight excluding hydrogens is 306 g/mol. The molecule has 1 aliphatic rings. The van der Waals surface area contributed by atoms with Crippen molar-refractivity contribution in [1.82, 2.24) is 15.1 Å². The maximum absolute atomic E-state index is 12.5. The molecule has 0 aliphatic heterocycles. The van der Waals surface area contributed by atoms with E-state index in [0.717, 1.165) is 0 Å². The van der Waals surface area contributed by atoms with Crippen molar-refractivity contribution in [2.24, 2.45) is 13.0 Å². The van der Waals surface area contributed by atoms with Gasteiger partial charge in [0, 0.05) is 18.8 Å². The number of ether oxygens (including phenoxy) is 1. The second-order valence-electron chi connectivity index (χ2n) is 6.61. The first-order chi connectivity index (χ1) is 11.5. The van der Waals surface area contributed by atoms with Gasteiger partial charge in [0.1, 0.15) is 11.4 Å². The average Bonchev–Trinajstić information content (AvgIpc) is 3.29. The normalized spacial score (nSPS) is 16.5. The van der Waals surface area contributed by atoms with Gasteiger partial charge in [0.25, 0.3) is 5.91 Å². The van der Waals surface area contributed by atoms with Crippen molar-refractivity contribution in [2.45, 2.75) is 25.4 Å². The summed E-state index contributed by atoms with van der Waals surface area (Å²) >= 11 is 0. The number of nitrogens with zero attached hydrogens (tertiary/aromatic N) is 2. The molecule has 0 spiro atoms. The molecule has 1 atom stereocenters. The van der Waals surface area contributed by atoms with Crippen molar-refractivity contribution in [3.8, 4) is 5.75 Å². The average molecular weight is 329 g/mol. The molecule has 24 heavy (non-hydrogen) atoms. The van der Waals surface area contributed by atoms with Crippen LogP contribution in [-0.2, 0) is 12.6 Å². The van der Waals surface area contributed by atoms with Gasteiger partial charge >= 0.3 is 0 Å². The van der Waals surface area contributed by atoms with Gasteiger partial charge in [0.2, 0.25) is 0 Å². The second kappa shape index (κ2) is 6.65. The number of hydrogen-bond donors (Lipinski definition) is 2. The molecule has 0 bridgehead atoms. The molecule has 1 aromatic carbocycles. The minimum Gasteiger partial charge on any atom is -0.492 e. The van der Waals surface area contributed by atoms with Gasteiger partial charge in [0.15, 0.2) is 0 Å². The highest BCUT2D eigenvalue weighted by Gasteiger charge is 2.27. The highest BCUT2D eigenvalue weighted by atomic mass is 16.5. The molecule has 2 N–H and O–H groups in total. The molecule has 128 valence electrons. The molecule has 0 saturated heterocycles. The lowest BCUT2D eigenvalue weighted by molar-refractivity contribution is 0.0524. The summed E-state index contributed by atoms with van der Waals surface area (Å²) in [5, 5.41) is 17.4. The Morgan fingerprint density at radius 1 is 1.46 bits per heavy atom. The fourth-order valence-electron chi connectivity index (χ4n) is 2.42. The second-order valence-corrected chi connectivity index (χ2v) is 6.61. The highest BCUT2D eigenvalue weighted by molar-refractivity contribution is 5.96. The molecule has 3 rings (SSSR count). The SMILES string of the molecule is Cn1cc(C(C)(O)CNC(=O)c2ccccc2OCC2CC2)cn1. The van der Waals surface area contributed by atoms with Gasteiger partial charge in [0.05, 0.1) is 24.9 Å². The molecule has 2 aromatic rings. The first kappa shape index (κ1) is 16.5. The summed E-state index contributed by atoms with van der Waals surface area (Å²) in [5.41, 5.74) is -0.0445. The summed E-state index contributed by atoms with van der Waals surface area (Å²) in [5.74, 6) is 0.945. The number of para-hydroxylation sites is 1. The number of amides is 1. The highest BCUT2D eigenvalue weighted by Crippen LogP contribution is 2.30. The van der Waals surface area contributed by atoms with Gasteiger partial charge in [-0.2, -0.15) is 5.10 Å². The summed E-state index contributed by atoms with van der Waals surface area (Å²) in [7, 11) is 1.78. The van der Waals surface area contributed by atoms with Gasteiger partial charge in [-0.15, -0.1) is 0 Å². The van der Waals surface area contributed by atoms with E-state index in [1.165, 1.54) is 12.8 Å². The predicted octanol–water partition coefficient (Wildman–Crippen LogP) is 1.85. The topological polar surface area (TPSA) is 76.4 Å². The molecule has 1 fully saturated rings. The number of aromatic nitrogens is 2. The fraction of sp³-hybridized carbons (Fsp3) is 0.444. The number of aryl methyl sites for hydroxylation is 1. The maximum atomic E-state index is 12.5. The maximum Gasteiger partial charge on any atom is 0.255 e. The summed E-state index contributed by atoms with van der Waals surface area (Å²) in [6.07, 6.45) is 5.72. The van der Waals surface area contributed by atoms with E-state index in [2.05, 4.69) is 10.4 Å². The Bertz CT molecular complexity index is 720. The van der Waals surface area contributed by atoms with Crippen molar-refractivity contribution < 1.29 is 14.6 Å². The van der Waals surface area contributed by atoms with Crippen LogP contribution in [0.4, 0.5) is 0 Å². The molecule has 6 nitrogen and oxygen atoms in total. The van der Waals surface area contributed by atoms with Crippen LogP contribution in [0, 0.1) is 5.92 Å². The van der Waals surface area contributed by atoms with Crippen LogP contribution in [0.5, 0.6) is 5.75 Å². The summed E-state index contributed by atoms with van der Waals surface area (Å²) in [6, 6.07) is 7.19. The van der Waals surface area contributed by atoms with E-state index < -0.39 is 5.60 Å². The van der Waals surface area contributed by atoms with Crippen LogP contribution in [0.15, 0.2) is 36.7 Å². The predicted molar refractivity (Wildman–Crippen MR) is 89.8 cm³/mol. The Morgan fingerprint density at radius 2 is 2.21 bits per heavy atom. The molecule has 1 unspecified atom stereocenters. The number of carbonyl (C=O) groups excluding carboxylic acids is 1. The van der Waals surface area contributed by atoms with E-state index >= 15 is 0 Å². The fourth-order valence-corrected chi connectivity index (χ4v) is 2.42. The van der Waals surface area contributed by atoms with Crippen molar-refractivity contribution in [2.75, 3.05) is 13.2 Å². The Balaban J connectivity index is 1.64. The van der Waals surface area contributed by atoms with Gasteiger partial charge in [-0.1, -0.05) is 12.1 Å². The van der Waals surface area contributed by atoms with Crippen LogP contribution in [0.25, 0.3) is 0 Å². The van der Waals surface area contributed by atoms with Crippen molar-refractivity contribution in [3.63, 3.8) is 0 Å². The minimum absolute atomic E-state index is 0.0918. The number of rotatable bonds is 7. The van der Waals surface area contributed by atoms with E-state index in [0.29, 0.717) is 29.4 Å². The molecular formula is C18H23N3O3. The standard InChI is InChI=1S/C18H23N3O3/c1-18(23,14-9-20-21(2)10-14)12-19-17(22)15-5-3-4-6-16(15)24-11-13-7-8-13/h3-6,9-10,13,23H,7-8,11-12H2,1-2H3,(H,19,22). The monoisotopic (exact) mass is 329 g/mol. The number of nitrogens with one attached hydrogen (secondary N) is 1. The zero-order valence-electron chi connectivity index (χ0n) is 14.0. The Kier molecular flexibility index (Phi) is 4.57. The van der Waals surface area contributed by atoms with Crippen LogP contribution < -0.4 is 10.1 Å². The molecule has 1 amide bonds. The third-order valence-corrected chi connectivity index (χ3v) is 4.22. The molecule has 1 aromatic heterocycles. The van der Waals surface area contributed by atoms with Crippen molar-refractivity contribution in [3.05, 3.63) is 47.8 Å². The van der Waals surface area contributed by atoms with Crippen LogP contribution in [0.3, 0.4) is 0 Å². The van der Waals surface area contributed by atoms with Gasteiger partial charge in [-0.25, -0.2) is 0 Å². The van der Waals surface area contributed by atoms with Gasteiger partial charge in [-0.3, -0.25) is 9.48 Å². The molecule has 1 saturated carbocycles. The molecule has 6 heteroatoms. The smallest absolute Gasteiger partial charge is 0.255 e. The van der Waals surface area contributed by atoms with E-state index in [4.69, 9.17) is 4.74 Å². The van der Waals surface area contributed by atoms with Crippen LogP contribution in [-0.4, -0.2) is 33.9 Å². The third-order valence-electron chi connectivity index (χ3n) is 4.22. The number of carbonyl (C=O) groups is 1. The third kappa shape index (κ3) is 3.94. The van der Waals surface area contributed by atoms with E-state index in [-0.39, 0.29) is 12.5 Å². The number of benzene rings is 1. The van der Waals surface area contributed by atoms with Crippen LogP contribution in [0.1, 0.15) is 35.7 Å². The van der Waals surface area contributed by atoms with Gasteiger partial charge < -0.3 is 15.2 Å². The summed E-state index contributed by atoms with van der Waals surface area (Å²) < 4.78 is 7.38. The first-order valence-corrected chi connectivity index (χ1v) is 8.17. The summed E-state index contributed by atoms with van der Waals surface area (Å²) in [6.45, 7) is 2.39. The molecule has 1 heterocycles. The van der Waals surface area contributed by atoms with Crippen molar-refractivity contribution in [1.29, 1.82) is 0 Å². The Hall–Kier alpha value is -2.34. The van der Waals surface area contributed by atoms with Crippen LogP contribution >= 0.6 is 0 Å². The largest absolute Gasteiger partial charge is 0.492 e. The van der Waals surface area contributed by atoms with Crippen molar-refractivity contribution >= 4 is 5.91 Å². The molecule has 0 radical (unpaired) electrons. The number of aliphatic hydroxyl groups is 1. The lowest BCUT2D eigenvalue weighted by Crippen LogP contribution is -2.38. The Morgan fingerprint density at radius 3 is 2.88 bits per heavy atom. The first-order valence-electron chi connectivity index (χ1n) is 8.17. The zero-order chi connectivity index (χ0) is 17.2. The Labute approximate surface area is 141 Å². The number of hydrogen-bond acceptors (Lipinski definition) is 4. The zero-order valence-corrected chi connectivity index (χ0v) is 14.0. The quantitative estimate of drug-likeness (QED) is 0.813. The van der Waals surface area contributed by atoms with E-state index in [9.17, 15) is 9.90 Å². The lowest BCUT2D eigenvalue weighted by Gasteiger charge is -2.22. The van der Waals surface area contributed by atoms with E-state index in [1.54, 1.807) is 49.2 Å². The van der Waals surface area contributed by atoms with Crippen LogP contribution in [0.2, 0.25) is 0 Å².